The molecule has 0 radical (unpaired) electrons. The van der Waals surface area contributed by atoms with Crippen molar-refractivity contribution in [3.05, 3.63) is 94.8 Å². The average molecular weight is 414 g/mol. The van der Waals surface area contributed by atoms with Gasteiger partial charge in [-0.15, -0.1) is 11.3 Å². The van der Waals surface area contributed by atoms with Gasteiger partial charge in [-0.1, -0.05) is 90.5 Å². The third-order valence-electron chi connectivity index (χ3n) is 4.83. The van der Waals surface area contributed by atoms with Crippen molar-refractivity contribution in [2.24, 2.45) is 5.10 Å². The van der Waals surface area contributed by atoms with Crippen LogP contribution in [0.2, 0.25) is 5.02 Å². The first-order valence-corrected chi connectivity index (χ1v) is 10.5. The lowest BCUT2D eigenvalue weighted by atomic mass is 9.97. The van der Waals surface area contributed by atoms with Crippen molar-refractivity contribution in [2.45, 2.75) is 0 Å². The molecule has 1 N–H and O–H groups in total. The molecule has 0 saturated heterocycles. The maximum absolute atomic E-state index is 6.67. The zero-order chi connectivity index (χ0) is 19.6. The van der Waals surface area contributed by atoms with Crippen molar-refractivity contribution in [1.82, 2.24) is 4.98 Å². The number of halogens is 1. The van der Waals surface area contributed by atoms with Crippen LogP contribution in [0.15, 0.2) is 89.3 Å². The molecule has 5 rings (SSSR count). The fourth-order valence-corrected chi connectivity index (χ4v) is 4.46. The number of rotatable bonds is 4. The molecule has 0 fully saturated rings. The summed E-state index contributed by atoms with van der Waals surface area (Å²) in [4.78, 5) is 4.62. The Labute approximate surface area is 177 Å². The molecule has 0 aliphatic heterocycles. The second-order valence-electron chi connectivity index (χ2n) is 6.59. The van der Waals surface area contributed by atoms with Gasteiger partial charge in [0.15, 0.2) is 0 Å². The lowest BCUT2D eigenvalue weighted by Crippen LogP contribution is -1.93. The third-order valence-corrected chi connectivity index (χ3v) is 5.99. The molecule has 4 aromatic carbocycles. The Bertz CT molecular complexity index is 1290. The van der Waals surface area contributed by atoms with Crippen molar-refractivity contribution in [1.29, 1.82) is 0 Å². The number of hydrogen-bond donors (Lipinski definition) is 1. The Morgan fingerprint density at radius 3 is 2.03 bits per heavy atom. The van der Waals surface area contributed by atoms with Gasteiger partial charge in [0.2, 0.25) is 5.13 Å². The van der Waals surface area contributed by atoms with Crippen LogP contribution in [-0.4, -0.2) is 11.2 Å². The van der Waals surface area contributed by atoms with E-state index in [0.29, 0.717) is 0 Å². The fourth-order valence-electron chi connectivity index (χ4n) is 3.47. The number of fused-ring (bicyclic) bond motifs is 2. The van der Waals surface area contributed by atoms with Crippen LogP contribution in [0.3, 0.4) is 0 Å². The molecule has 140 valence electrons. The first-order chi connectivity index (χ1) is 14.3. The predicted molar refractivity (Wildman–Crippen MR) is 125 cm³/mol. The number of hydrazone groups is 1. The van der Waals surface area contributed by atoms with E-state index in [4.69, 9.17) is 11.6 Å². The van der Waals surface area contributed by atoms with E-state index in [9.17, 15) is 0 Å². The minimum atomic E-state index is 0.752. The maximum atomic E-state index is 6.67. The highest BCUT2D eigenvalue weighted by Crippen LogP contribution is 2.35. The Hall–Kier alpha value is -3.21. The first kappa shape index (κ1) is 17.9. The Morgan fingerprint density at radius 1 is 0.793 bits per heavy atom. The van der Waals surface area contributed by atoms with Crippen LogP contribution < -0.4 is 5.43 Å². The summed E-state index contributed by atoms with van der Waals surface area (Å²) in [5.41, 5.74) is 6.14. The van der Waals surface area contributed by atoms with E-state index >= 15 is 0 Å². The lowest BCUT2D eigenvalue weighted by Gasteiger charge is -2.10. The summed E-state index contributed by atoms with van der Waals surface area (Å²) in [5.74, 6) is 0. The molecular formula is C24H16ClN3S. The third kappa shape index (κ3) is 3.37. The van der Waals surface area contributed by atoms with Gasteiger partial charge in [0.25, 0.3) is 0 Å². The van der Waals surface area contributed by atoms with Gasteiger partial charge >= 0.3 is 0 Å². The zero-order valence-electron chi connectivity index (χ0n) is 15.3. The molecule has 0 aliphatic carbocycles. The van der Waals surface area contributed by atoms with Crippen LogP contribution in [0.25, 0.3) is 32.8 Å². The molecule has 0 spiro atoms. The van der Waals surface area contributed by atoms with Crippen LogP contribution in [-0.2, 0) is 0 Å². The lowest BCUT2D eigenvalue weighted by molar-refractivity contribution is 1.29. The summed E-state index contributed by atoms with van der Waals surface area (Å²) in [6, 6.07) is 26.4. The standard InChI is InChI=1S/C24H16ClN3S/c25-23-19-12-6-4-10-17(19)21(18-11-5-7-13-20(18)23)14-26-28-24-27-22(15-29-24)16-8-2-1-3-9-16/h1-15H,(H,27,28). The molecule has 1 heterocycles. The first-order valence-electron chi connectivity index (χ1n) is 9.20. The number of hydrogen-bond acceptors (Lipinski definition) is 4. The van der Waals surface area contributed by atoms with Crippen LogP contribution in [0, 0.1) is 0 Å². The molecule has 0 unspecified atom stereocenters. The van der Waals surface area contributed by atoms with Crippen molar-refractivity contribution < 1.29 is 0 Å². The molecule has 5 heteroatoms. The molecule has 5 aromatic rings. The molecule has 0 amide bonds. The number of benzene rings is 4. The van der Waals surface area contributed by atoms with Gasteiger partial charge in [0.1, 0.15) is 0 Å². The van der Waals surface area contributed by atoms with Crippen LogP contribution in [0.1, 0.15) is 5.56 Å². The fraction of sp³-hybridized carbons (Fsp3) is 0. The van der Waals surface area contributed by atoms with E-state index in [-0.39, 0.29) is 0 Å². The number of nitrogens with zero attached hydrogens (tertiary/aromatic N) is 2. The average Bonchev–Trinajstić information content (AvgIpc) is 3.26. The smallest absolute Gasteiger partial charge is 0.203 e. The summed E-state index contributed by atoms with van der Waals surface area (Å²) in [7, 11) is 0. The van der Waals surface area contributed by atoms with Crippen LogP contribution in [0.4, 0.5) is 5.13 Å². The molecule has 0 saturated carbocycles. The van der Waals surface area contributed by atoms with E-state index in [1.165, 1.54) is 11.3 Å². The van der Waals surface area contributed by atoms with E-state index in [1.807, 2.05) is 78.3 Å². The SMILES string of the molecule is Clc1c2ccccc2c(C=NNc2nc(-c3ccccc3)cs2)c2ccccc12. The summed E-state index contributed by atoms with van der Waals surface area (Å²) < 4.78 is 0. The molecule has 0 atom stereocenters. The number of nitrogens with one attached hydrogen (secondary N) is 1. The highest BCUT2D eigenvalue weighted by Gasteiger charge is 2.11. The molecular weight excluding hydrogens is 398 g/mol. The number of aromatic nitrogens is 1. The largest absolute Gasteiger partial charge is 0.253 e. The predicted octanol–water partition coefficient (Wildman–Crippen LogP) is 7.22. The Kier molecular flexibility index (Phi) is 4.72. The highest BCUT2D eigenvalue weighted by molar-refractivity contribution is 7.14. The highest BCUT2D eigenvalue weighted by atomic mass is 35.5. The van der Waals surface area contributed by atoms with Gasteiger partial charge in [-0.25, -0.2) is 4.98 Å². The number of thiazole rings is 1. The number of anilines is 1. The second-order valence-corrected chi connectivity index (χ2v) is 7.83. The second kappa shape index (κ2) is 7.66. The van der Waals surface area contributed by atoms with Gasteiger partial charge in [0.05, 0.1) is 16.9 Å². The molecule has 1 aromatic heterocycles. The molecule has 29 heavy (non-hydrogen) atoms. The van der Waals surface area contributed by atoms with Crippen molar-refractivity contribution >= 4 is 55.8 Å². The molecule has 3 nitrogen and oxygen atoms in total. The molecule has 0 bridgehead atoms. The summed E-state index contributed by atoms with van der Waals surface area (Å²) in [6.07, 6.45) is 1.85. The van der Waals surface area contributed by atoms with Gasteiger partial charge in [-0.3, -0.25) is 5.43 Å². The van der Waals surface area contributed by atoms with E-state index in [0.717, 1.165) is 48.5 Å². The minimum absolute atomic E-state index is 0.752. The van der Waals surface area contributed by atoms with E-state index < -0.39 is 0 Å². The maximum Gasteiger partial charge on any atom is 0.203 e. The van der Waals surface area contributed by atoms with Crippen LogP contribution >= 0.6 is 22.9 Å². The normalized spacial score (nSPS) is 11.5. The Morgan fingerprint density at radius 2 is 1.38 bits per heavy atom. The van der Waals surface area contributed by atoms with Gasteiger partial charge in [0, 0.05) is 27.3 Å². The zero-order valence-corrected chi connectivity index (χ0v) is 16.9. The van der Waals surface area contributed by atoms with Crippen molar-refractivity contribution in [3.63, 3.8) is 0 Å². The quantitative estimate of drug-likeness (QED) is 0.192. The van der Waals surface area contributed by atoms with Crippen molar-refractivity contribution in [3.8, 4) is 11.3 Å². The summed E-state index contributed by atoms with van der Waals surface area (Å²) >= 11 is 8.20. The van der Waals surface area contributed by atoms with Gasteiger partial charge < -0.3 is 0 Å². The monoisotopic (exact) mass is 413 g/mol. The van der Waals surface area contributed by atoms with E-state index in [1.54, 1.807) is 0 Å². The van der Waals surface area contributed by atoms with E-state index in [2.05, 4.69) is 27.6 Å². The summed E-state index contributed by atoms with van der Waals surface area (Å²) in [6.45, 7) is 0. The van der Waals surface area contributed by atoms with Crippen LogP contribution in [0.5, 0.6) is 0 Å². The van der Waals surface area contributed by atoms with Gasteiger partial charge in [-0.05, 0) is 10.8 Å². The summed E-state index contributed by atoms with van der Waals surface area (Å²) in [5, 5.41) is 12.2. The van der Waals surface area contributed by atoms with Crippen molar-refractivity contribution in [2.75, 3.05) is 5.43 Å². The minimum Gasteiger partial charge on any atom is -0.253 e. The molecule has 0 aliphatic rings. The topological polar surface area (TPSA) is 37.3 Å². The van der Waals surface area contributed by atoms with Gasteiger partial charge in [-0.2, -0.15) is 5.10 Å². The Balaban J connectivity index is 1.51.